The summed E-state index contributed by atoms with van der Waals surface area (Å²) in [6, 6.07) is 13.3. The van der Waals surface area contributed by atoms with Gasteiger partial charge in [-0.2, -0.15) is 13.2 Å². The largest absolute Gasteiger partial charge is 0.463 e. The highest BCUT2D eigenvalue weighted by atomic mass is 19.4. The minimum absolute atomic E-state index is 0.00809. The fourth-order valence-corrected chi connectivity index (χ4v) is 2.40. The third kappa shape index (κ3) is 4.58. The summed E-state index contributed by atoms with van der Waals surface area (Å²) in [7, 11) is 0. The molecule has 0 aromatic heterocycles. The molecule has 5 nitrogen and oxygen atoms in total. The lowest BCUT2D eigenvalue weighted by molar-refractivity contribution is -0.204. The molecule has 2 rings (SSSR count). The lowest BCUT2D eigenvalue weighted by atomic mass is 10.1. The topological polar surface area (TPSA) is 67.4 Å². The van der Waals surface area contributed by atoms with Gasteiger partial charge in [0.2, 0.25) is 0 Å². The quantitative estimate of drug-likeness (QED) is 0.593. The van der Waals surface area contributed by atoms with Crippen LogP contribution in [0.2, 0.25) is 0 Å². The van der Waals surface area contributed by atoms with Crippen LogP contribution in [-0.4, -0.2) is 30.3 Å². The molecule has 0 heterocycles. The third-order valence-corrected chi connectivity index (χ3v) is 3.69. The molecule has 0 radical (unpaired) electrons. The van der Waals surface area contributed by atoms with Crippen molar-refractivity contribution in [3.63, 3.8) is 0 Å². The maximum atomic E-state index is 14.0. The number of nitrogens with one attached hydrogen (secondary N) is 2. The first kappa shape index (κ1) is 20.3. The second kappa shape index (κ2) is 8.11. The molecule has 0 saturated carbocycles. The molecular weight excluding hydrogens is 361 g/mol. The van der Waals surface area contributed by atoms with Gasteiger partial charge in [0.1, 0.15) is 0 Å². The molecule has 1 atom stereocenters. The maximum Gasteiger partial charge on any atom is 0.441 e. The lowest BCUT2D eigenvalue weighted by Gasteiger charge is -2.35. The zero-order valence-corrected chi connectivity index (χ0v) is 14.8. The van der Waals surface area contributed by atoms with Crippen LogP contribution in [-0.2, 0) is 9.53 Å². The minimum atomic E-state index is -5.17. The summed E-state index contributed by atoms with van der Waals surface area (Å²) < 4.78 is 46.7. The van der Waals surface area contributed by atoms with E-state index in [0.29, 0.717) is 5.56 Å². The first-order valence-corrected chi connectivity index (χ1v) is 8.16. The van der Waals surface area contributed by atoms with Gasteiger partial charge in [-0.1, -0.05) is 30.3 Å². The van der Waals surface area contributed by atoms with Gasteiger partial charge >= 0.3 is 17.8 Å². The summed E-state index contributed by atoms with van der Waals surface area (Å²) in [4.78, 5) is 24.8. The molecule has 2 N–H and O–H groups in total. The summed E-state index contributed by atoms with van der Waals surface area (Å²) in [5.41, 5.74) is -2.78. The maximum absolute atomic E-state index is 14.0. The third-order valence-electron chi connectivity index (χ3n) is 3.69. The van der Waals surface area contributed by atoms with Crippen molar-refractivity contribution in [3.8, 4) is 0 Å². The van der Waals surface area contributed by atoms with Crippen LogP contribution in [0.5, 0.6) is 0 Å². The Morgan fingerprint density at radius 2 is 1.70 bits per heavy atom. The van der Waals surface area contributed by atoms with Crippen LogP contribution < -0.4 is 10.6 Å². The van der Waals surface area contributed by atoms with E-state index in [1.807, 2.05) is 0 Å². The molecule has 2 aromatic carbocycles. The number of carbonyl (C=O) groups is 2. The van der Waals surface area contributed by atoms with Gasteiger partial charge in [0, 0.05) is 11.3 Å². The predicted octanol–water partition coefficient (Wildman–Crippen LogP) is 3.66. The first-order chi connectivity index (χ1) is 12.7. The van der Waals surface area contributed by atoms with Gasteiger partial charge in [0.05, 0.1) is 6.61 Å². The van der Waals surface area contributed by atoms with Crippen LogP contribution in [0.15, 0.2) is 54.6 Å². The van der Waals surface area contributed by atoms with Crippen LogP contribution in [0, 0.1) is 6.92 Å². The number of rotatable bonds is 6. The average Bonchev–Trinajstić information content (AvgIpc) is 2.61. The van der Waals surface area contributed by atoms with Crippen LogP contribution in [0.1, 0.15) is 22.8 Å². The molecule has 0 bridgehead atoms. The molecule has 2 aromatic rings. The smallest absolute Gasteiger partial charge is 0.441 e. The van der Waals surface area contributed by atoms with Crippen molar-refractivity contribution in [2.45, 2.75) is 25.7 Å². The number of hydrogen-bond donors (Lipinski definition) is 2. The predicted molar refractivity (Wildman–Crippen MR) is 94.1 cm³/mol. The molecular formula is C19H19F3N2O3. The highest BCUT2D eigenvalue weighted by Crippen LogP contribution is 2.33. The second-order valence-electron chi connectivity index (χ2n) is 5.78. The average molecular weight is 380 g/mol. The summed E-state index contributed by atoms with van der Waals surface area (Å²) in [5, 5.41) is 3.92. The molecule has 0 aliphatic carbocycles. The fraction of sp³-hybridized carbons (Fsp3) is 0.263. The Kier molecular flexibility index (Phi) is 6.09. The molecule has 0 unspecified atom stereocenters. The van der Waals surface area contributed by atoms with Crippen LogP contribution in [0.3, 0.4) is 0 Å². The number of halogens is 3. The summed E-state index contributed by atoms with van der Waals surface area (Å²) >= 11 is 0. The van der Waals surface area contributed by atoms with Crippen molar-refractivity contribution in [2.24, 2.45) is 0 Å². The molecule has 0 aliphatic rings. The monoisotopic (exact) mass is 380 g/mol. The van der Waals surface area contributed by atoms with Crippen molar-refractivity contribution in [3.05, 3.63) is 65.7 Å². The second-order valence-corrected chi connectivity index (χ2v) is 5.78. The van der Waals surface area contributed by atoms with Gasteiger partial charge in [-0.05, 0) is 43.7 Å². The van der Waals surface area contributed by atoms with Crippen molar-refractivity contribution in [1.29, 1.82) is 0 Å². The standard InChI is InChI=1S/C19H19F3N2O3/c1-3-27-17(26)18(19(20,21)22,23-15-11-7-8-13(2)12-15)24-16(25)14-9-5-4-6-10-14/h4-12,23H,3H2,1-2H3,(H,24,25)/t18-/m0/s1. The first-order valence-electron chi connectivity index (χ1n) is 8.16. The van der Waals surface area contributed by atoms with E-state index in [4.69, 9.17) is 0 Å². The molecule has 8 heteroatoms. The number of amides is 1. The Balaban J connectivity index is 2.50. The number of alkyl halides is 3. The van der Waals surface area contributed by atoms with E-state index in [-0.39, 0.29) is 17.9 Å². The zero-order chi connectivity index (χ0) is 20.1. The molecule has 144 valence electrons. The van der Waals surface area contributed by atoms with Crippen LogP contribution >= 0.6 is 0 Å². The molecule has 27 heavy (non-hydrogen) atoms. The number of hydrogen-bond acceptors (Lipinski definition) is 4. The summed E-state index contributed by atoms with van der Waals surface area (Å²) in [6.07, 6.45) is -5.17. The van der Waals surface area contributed by atoms with E-state index in [1.165, 1.54) is 49.4 Å². The minimum Gasteiger partial charge on any atom is -0.463 e. The Morgan fingerprint density at radius 3 is 2.26 bits per heavy atom. The van der Waals surface area contributed by atoms with Crippen molar-refractivity contribution in [1.82, 2.24) is 5.32 Å². The van der Waals surface area contributed by atoms with E-state index in [9.17, 15) is 22.8 Å². The number of aryl methyl sites for hydroxylation is 1. The number of anilines is 1. The highest BCUT2D eigenvalue weighted by molar-refractivity contribution is 5.99. The Morgan fingerprint density at radius 1 is 1.04 bits per heavy atom. The molecule has 0 spiro atoms. The van der Waals surface area contributed by atoms with E-state index >= 15 is 0 Å². The van der Waals surface area contributed by atoms with Crippen molar-refractivity contribution >= 4 is 17.6 Å². The lowest BCUT2D eigenvalue weighted by Crippen LogP contribution is -2.69. The van der Waals surface area contributed by atoms with Crippen LogP contribution in [0.4, 0.5) is 18.9 Å². The Hall–Kier alpha value is -3.03. The number of carbonyl (C=O) groups excluding carboxylic acids is 2. The van der Waals surface area contributed by atoms with Gasteiger partial charge < -0.3 is 15.4 Å². The zero-order valence-electron chi connectivity index (χ0n) is 14.8. The van der Waals surface area contributed by atoms with Crippen molar-refractivity contribution < 1.29 is 27.5 Å². The SMILES string of the molecule is CCOC(=O)[C@@](NC(=O)c1ccccc1)(Nc1cccc(C)c1)C(F)(F)F. The molecule has 0 saturated heterocycles. The Labute approximate surface area is 154 Å². The summed E-state index contributed by atoms with van der Waals surface area (Å²) in [5.74, 6) is -2.72. The van der Waals surface area contributed by atoms with E-state index < -0.39 is 23.7 Å². The molecule has 1 amide bonds. The number of benzene rings is 2. The van der Waals surface area contributed by atoms with Crippen molar-refractivity contribution in [2.75, 3.05) is 11.9 Å². The number of ether oxygens (including phenoxy) is 1. The Bertz CT molecular complexity index is 809. The summed E-state index contributed by atoms with van der Waals surface area (Å²) in [6.45, 7) is 2.78. The molecule has 0 aliphatic heterocycles. The van der Waals surface area contributed by atoms with Gasteiger partial charge in [0.15, 0.2) is 0 Å². The van der Waals surface area contributed by atoms with Gasteiger partial charge in [-0.3, -0.25) is 4.79 Å². The van der Waals surface area contributed by atoms with E-state index in [0.717, 1.165) is 0 Å². The van der Waals surface area contributed by atoms with E-state index in [2.05, 4.69) is 10.1 Å². The highest BCUT2D eigenvalue weighted by Gasteiger charge is 2.63. The van der Waals surface area contributed by atoms with E-state index in [1.54, 1.807) is 24.4 Å². The normalized spacial score (nSPS) is 13.4. The number of esters is 1. The van der Waals surface area contributed by atoms with Gasteiger partial charge in [-0.25, -0.2) is 4.79 Å². The van der Waals surface area contributed by atoms with Crippen LogP contribution in [0.25, 0.3) is 0 Å². The van der Waals surface area contributed by atoms with Gasteiger partial charge in [0.25, 0.3) is 5.91 Å². The fourth-order valence-electron chi connectivity index (χ4n) is 2.40. The van der Waals surface area contributed by atoms with Gasteiger partial charge in [-0.15, -0.1) is 0 Å². The molecule has 0 fully saturated rings.